The van der Waals surface area contributed by atoms with Crippen LogP contribution in [0.5, 0.6) is 0 Å². The number of ether oxygens (including phenoxy) is 2. The molecule has 146 valence electrons. The van der Waals surface area contributed by atoms with Crippen molar-refractivity contribution in [2.45, 2.75) is 45.3 Å². The number of nitrogens with zero attached hydrogens (tertiary/aromatic N) is 1. The van der Waals surface area contributed by atoms with E-state index in [1.54, 1.807) is 0 Å². The van der Waals surface area contributed by atoms with Crippen molar-refractivity contribution < 1.29 is 13.9 Å². The van der Waals surface area contributed by atoms with E-state index in [1.165, 1.54) is 6.07 Å². The lowest BCUT2D eigenvalue weighted by Gasteiger charge is -2.19. The molecule has 1 saturated heterocycles. The first-order chi connectivity index (χ1) is 12.6. The smallest absolute Gasteiger partial charge is 0.191 e. The minimum absolute atomic E-state index is 0.150. The Morgan fingerprint density at radius 3 is 3.04 bits per heavy atom. The Hall–Kier alpha value is -1.18. The van der Waals surface area contributed by atoms with Crippen LogP contribution < -0.4 is 10.6 Å². The van der Waals surface area contributed by atoms with E-state index in [4.69, 9.17) is 9.47 Å². The maximum absolute atomic E-state index is 13.8. The van der Waals surface area contributed by atoms with E-state index in [-0.39, 0.29) is 18.0 Å². The summed E-state index contributed by atoms with van der Waals surface area (Å²) in [7, 11) is 0. The van der Waals surface area contributed by atoms with Gasteiger partial charge in [-0.1, -0.05) is 22.0 Å². The number of guanidine groups is 1. The van der Waals surface area contributed by atoms with Crippen LogP contribution in [0.1, 0.15) is 32.3 Å². The molecule has 0 radical (unpaired) electrons. The van der Waals surface area contributed by atoms with E-state index in [2.05, 4.69) is 38.5 Å². The molecule has 26 heavy (non-hydrogen) atoms. The summed E-state index contributed by atoms with van der Waals surface area (Å²) < 4.78 is 25.7. The molecule has 1 fully saturated rings. The van der Waals surface area contributed by atoms with Crippen molar-refractivity contribution in [3.63, 3.8) is 0 Å². The molecule has 0 amide bonds. The van der Waals surface area contributed by atoms with Crippen molar-refractivity contribution >= 4 is 21.9 Å². The summed E-state index contributed by atoms with van der Waals surface area (Å²) in [5.74, 6) is 0.595. The Kier molecular flexibility index (Phi) is 9.36. The normalized spacial score (nSPS) is 18.8. The molecule has 5 nitrogen and oxygen atoms in total. The first kappa shape index (κ1) is 21.1. The van der Waals surface area contributed by atoms with E-state index in [0.29, 0.717) is 26.2 Å². The predicted octanol–water partition coefficient (Wildman–Crippen LogP) is 3.27. The zero-order valence-electron chi connectivity index (χ0n) is 15.6. The lowest BCUT2D eigenvalue weighted by Crippen LogP contribution is -2.44. The predicted molar refractivity (Wildman–Crippen MR) is 106 cm³/mol. The number of rotatable bonds is 9. The number of halogens is 2. The fraction of sp³-hybridized carbons (Fsp3) is 0.632. The quantitative estimate of drug-likeness (QED) is 0.359. The fourth-order valence-corrected chi connectivity index (χ4v) is 3.04. The zero-order valence-corrected chi connectivity index (χ0v) is 17.1. The highest BCUT2D eigenvalue weighted by Gasteiger charge is 2.17. The first-order valence-corrected chi connectivity index (χ1v) is 10.1. The second kappa shape index (κ2) is 11.5. The van der Waals surface area contributed by atoms with Gasteiger partial charge in [-0.25, -0.2) is 4.39 Å². The van der Waals surface area contributed by atoms with Crippen LogP contribution in [-0.2, 0) is 15.9 Å². The van der Waals surface area contributed by atoms with Crippen LogP contribution in [0.2, 0.25) is 0 Å². The first-order valence-electron chi connectivity index (χ1n) is 9.26. The van der Waals surface area contributed by atoms with E-state index in [0.717, 1.165) is 42.0 Å². The monoisotopic (exact) mass is 429 g/mol. The Bertz CT molecular complexity index is 580. The van der Waals surface area contributed by atoms with Crippen LogP contribution in [0.15, 0.2) is 27.7 Å². The van der Waals surface area contributed by atoms with Gasteiger partial charge in [0.15, 0.2) is 5.96 Å². The largest absolute Gasteiger partial charge is 0.379 e. The Labute approximate surface area is 163 Å². The van der Waals surface area contributed by atoms with Gasteiger partial charge >= 0.3 is 0 Å². The van der Waals surface area contributed by atoms with Gasteiger partial charge < -0.3 is 20.1 Å². The van der Waals surface area contributed by atoms with Gasteiger partial charge in [0.25, 0.3) is 0 Å². The van der Waals surface area contributed by atoms with Crippen LogP contribution in [0.3, 0.4) is 0 Å². The van der Waals surface area contributed by atoms with Gasteiger partial charge in [-0.15, -0.1) is 0 Å². The van der Waals surface area contributed by atoms with Crippen molar-refractivity contribution in [3.8, 4) is 0 Å². The number of nitrogens with one attached hydrogen (secondary N) is 2. The van der Waals surface area contributed by atoms with Gasteiger partial charge in [-0.2, -0.15) is 0 Å². The topological polar surface area (TPSA) is 54.9 Å². The van der Waals surface area contributed by atoms with Crippen LogP contribution in [-0.4, -0.2) is 51.0 Å². The van der Waals surface area contributed by atoms with Gasteiger partial charge in [-0.05, 0) is 50.8 Å². The van der Waals surface area contributed by atoms with Gasteiger partial charge in [0.2, 0.25) is 0 Å². The third-order valence-corrected chi connectivity index (χ3v) is 4.58. The lowest BCUT2D eigenvalue weighted by atomic mass is 10.1. The molecule has 0 aliphatic carbocycles. The van der Waals surface area contributed by atoms with E-state index >= 15 is 0 Å². The maximum atomic E-state index is 13.8. The van der Waals surface area contributed by atoms with Gasteiger partial charge in [0.1, 0.15) is 5.82 Å². The van der Waals surface area contributed by atoms with E-state index in [1.807, 2.05) is 19.1 Å². The molecule has 2 N–H and O–H groups in total. The number of aliphatic imine (C=N–C) groups is 1. The summed E-state index contributed by atoms with van der Waals surface area (Å²) in [5, 5.41) is 6.59. The van der Waals surface area contributed by atoms with E-state index < -0.39 is 0 Å². The number of hydrogen-bond donors (Lipinski definition) is 2. The molecule has 0 bridgehead atoms. The number of aryl methyl sites for hydroxylation is 1. The summed E-state index contributed by atoms with van der Waals surface area (Å²) in [5.41, 5.74) is 0.724. The molecule has 0 aromatic heterocycles. The third-order valence-electron chi connectivity index (χ3n) is 4.09. The molecule has 1 aromatic carbocycles. The molecular formula is C19H29BrFN3O2. The molecule has 0 spiro atoms. The minimum Gasteiger partial charge on any atom is -0.379 e. The second-order valence-corrected chi connectivity index (χ2v) is 7.38. The average molecular weight is 430 g/mol. The molecule has 1 aliphatic heterocycles. The molecule has 1 heterocycles. The lowest BCUT2D eigenvalue weighted by molar-refractivity contribution is 0.0347. The van der Waals surface area contributed by atoms with Crippen LogP contribution >= 0.6 is 15.9 Å². The highest BCUT2D eigenvalue weighted by Crippen LogP contribution is 2.16. The van der Waals surface area contributed by atoms with Crippen molar-refractivity contribution in [1.29, 1.82) is 0 Å². The SMILES string of the molecule is CCNC(=NCCCc1ccc(Br)cc1F)NC(C)COC1CCOC1. The van der Waals surface area contributed by atoms with E-state index in [9.17, 15) is 4.39 Å². The van der Waals surface area contributed by atoms with Crippen molar-refractivity contribution in [1.82, 2.24) is 10.6 Å². The fourth-order valence-electron chi connectivity index (χ4n) is 2.70. The average Bonchev–Trinajstić information content (AvgIpc) is 3.12. The minimum atomic E-state index is -0.171. The summed E-state index contributed by atoms with van der Waals surface area (Å²) in [6.07, 6.45) is 2.63. The molecule has 2 unspecified atom stereocenters. The molecule has 1 aliphatic rings. The molecule has 2 rings (SSSR count). The molecular weight excluding hydrogens is 401 g/mol. The third kappa shape index (κ3) is 7.60. The van der Waals surface area contributed by atoms with Crippen molar-refractivity contribution in [3.05, 3.63) is 34.1 Å². The molecule has 7 heteroatoms. The van der Waals surface area contributed by atoms with Crippen molar-refractivity contribution in [2.75, 3.05) is 32.9 Å². The summed E-state index contributed by atoms with van der Waals surface area (Å²) >= 11 is 3.28. The van der Waals surface area contributed by atoms with Gasteiger partial charge in [0.05, 0.1) is 19.3 Å². The molecule has 2 atom stereocenters. The Morgan fingerprint density at radius 2 is 2.35 bits per heavy atom. The van der Waals surface area contributed by atoms with Crippen LogP contribution in [0.25, 0.3) is 0 Å². The zero-order chi connectivity index (χ0) is 18.8. The summed E-state index contributed by atoms with van der Waals surface area (Å²) in [4.78, 5) is 4.58. The Balaban J connectivity index is 1.74. The standard InChI is InChI=1S/C19H29BrFN3O2/c1-3-22-19(24-14(2)12-26-17-8-10-25-13-17)23-9-4-5-15-6-7-16(20)11-18(15)21/h6-7,11,14,17H,3-5,8-10,12-13H2,1-2H3,(H2,22,23,24). The number of benzene rings is 1. The summed E-state index contributed by atoms with van der Waals surface area (Å²) in [6.45, 7) is 7.61. The van der Waals surface area contributed by atoms with Gasteiger partial charge in [0, 0.05) is 30.2 Å². The highest BCUT2D eigenvalue weighted by molar-refractivity contribution is 9.10. The Morgan fingerprint density at radius 1 is 1.50 bits per heavy atom. The maximum Gasteiger partial charge on any atom is 0.191 e. The van der Waals surface area contributed by atoms with Crippen LogP contribution in [0.4, 0.5) is 4.39 Å². The summed E-state index contributed by atoms with van der Waals surface area (Å²) in [6, 6.07) is 5.34. The van der Waals surface area contributed by atoms with Crippen molar-refractivity contribution in [2.24, 2.45) is 4.99 Å². The van der Waals surface area contributed by atoms with Crippen LogP contribution in [0, 0.1) is 5.82 Å². The molecule has 0 saturated carbocycles. The number of hydrogen-bond acceptors (Lipinski definition) is 3. The second-order valence-electron chi connectivity index (χ2n) is 6.46. The van der Waals surface area contributed by atoms with Gasteiger partial charge in [-0.3, -0.25) is 4.99 Å². The molecule has 1 aromatic rings. The highest BCUT2D eigenvalue weighted by atomic mass is 79.9.